The summed E-state index contributed by atoms with van der Waals surface area (Å²) in [5, 5.41) is 4.81. The molecule has 0 atom stereocenters. The van der Waals surface area contributed by atoms with Crippen molar-refractivity contribution >= 4 is 5.78 Å². The van der Waals surface area contributed by atoms with Crippen molar-refractivity contribution in [2.45, 2.75) is 26.7 Å². The molecule has 148 valence electrons. The smallest absolute Gasteiger partial charge is 0.170 e. The maximum Gasteiger partial charge on any atom is 0.170 e. The average Bonchev–Trinajstić information content (AvgIpc) is 3.23. The Balaban J connectivity index is 1.66. The number of Topliss-reactive ketones (excluding diaryl/α,β-unsaturated/α-hetero) is 1. The molecule has 6 nitrogen and oxygen atoms in total. The summed E-state index contributed by atoms with van der Waals surface area (Å²) in [5.41, 5.74) is 5.47. The number of fused-ring (bicyclic) bond motifs is 1. The minimum Gasteiger partial charge on any atom is -0.294 e. The lowest BCUT2D eigenvalue weighted by Gasteiger charge is -2.29. The number of nitrogens with zero attached hydrogens (tertiary/aromatic N) is 5. The van der Waals surface area contributed by atoms with Crippen molar-refractivity contribution in [2.75, 3.05) is 0 Å². The SMILES string of the molecule is CC1(C)CCc2nc(-c3cc(-c4cccnc4)nn3-c3cccnc3)ccc2C1=O. The Bertz CT molecular complexity index is 1230. The molecule has 4 heterocycles. The maximum atomic E-state index is 12.8. The van der Waals surface area contributed by atoms with E-state index in [2.05, 4.69) is 9.97 Å². The first-order chi connectivity index (χ1) is 14.5. The highest BCUT2D eigenvalue weighted by Crippen LogP contribution is 2.35. The zero-order chi connectivity index (χ0) is 20.7. The van der Waals surface area contributed by atoms with Crippen molar-refractivity contribution in [3.8, 4) is 28.3 Å². The van der Waals surface area contributed by atoms with Gasteiger partial charge in [0, 0.05) is 35.1 Å². The van der Waals surface area contributed by atoms with Crippen LogP contribution in [0.5, 0.6) is 0 Å². The van der Waals surface area contributed by atoms with Gasteiger partial charge >= 0.3 is 0 Å². The van der Waals surface area contributed by atoms with E-state index in [-0.39, 0.29) is 11.2 Å². The maximum absolute atomic E-state index is 12.8. The monoisotopic (exact) mass is 395 g/mol. The molecule has 0 N–H and O–H groups in total. The van der Waals surface area contributed by atoms with Gasteiger partial charge in [0.25, 0.3) is 0 Å². The minimum atomic E-state index is -0.332. The molecule has 4 aromatic heterocycles. The van der Waals surface area contributed by atoms with Crippen LogP contribution in [0.4, 0.5) is 0 Å². The lowest BCUT2D eigenvalue weighted by molar-refractivity contribution is 0.0809. The summed E-state index contributed by atoms with van der Waals surface area (Å²) >= 11 is 0. The number of aromatic nitrogens is 5. The Morgan fingerprint density at radius 1 is 0.967 bits per heavy atom. The van der Waals surface area contributed by atoms with Crippen molar-refractivity contribution in [1.29, 1.82) is 0 Å². The zero-order valence-corrected chi connectivity index (χ0v) is 16.9. The molecule has 0 aliphatic heterocycles. The van der Waals surface area contributed by atoms with E-state index in [0.717, 1.165) is 52.4 Å². The second kappa shape index (κ2) is 6.99. The second-order valence-corrected chi connectivity index (χ2v) is 8.18. The van der Waals surface area contributed by atoms with Crippen LogP contribution in [0.3, 0.4) is 0 Å². The van der Waals surface area contributed by atoms with E-state index in [1.165, 1.54) is 0 Å². The first-order valence-electron chi connectivity index (χ1n) is 9.99. The molecular formula is C24H21N5O. The number of pyridine rings is 3. The van der Waals surface area contributed by atoms with Gasteiger partial charge in [-0.1, -0.05) is 13.8 Å². The van der Waals surface area contributed by atoms with Crippen molar-refractivity contribution in [3.05, 3.63) is 78.5 Å². The number of carbonyl (C=O) groups excluding carboxylic acids is 1. The fourth-order valence-corrected chi connectivity index (χ4v) is 3.85. The van der Waals surface area contributed by atoms with Gasteiger partial charge in [0.15, 0.2) is 5.78 Å². The number of aryl methyl sites for hydroxylation is 1. The van der Waals surface area contributed by atoms with Gasteiger partial charge in [-0.3, -0.25) is 19.7 Å². The fraction of sp³-hybridized carbons (Fsp3) is 0.208. The molecule has 0 amide bonds. The van der Waals surface area contributed by atoms with Crippen molar-refractivity contribution < 1.29 is 4.79 Å². The molecule has 1 aliphatic carbocycles. The van der Waals surface area contributed by atoms with Gasteiger partial charge in [0.1, 0.15) is 0 Å². The van der Waals surface area contributed by atoms with Gasteiger partial charge in [-0.2, -0.15) is 5.10 Å². The third-order valence-electron chi connectivity index (χ3n) is 5.64. The molecule has 6 heteroatoms. The second-order valence-electron chi connectivity index (χ2n) is 8.18. The Morgan fingerprint density at radius 3 is 2.50 bits per heavy atom. The van der Waals surface area contributed by atoms with Gasteiger partial charge in [-0.15, -0.1) is 0 Å². The van der Waals surface area contributed by atoms with Gasteiger partial charge in [-0.05, 0) is 55.3 Å². The van der Waals surface area contributed by atoms with Gasteiger partial charge < -0.3 is 0 Å². The van der Waals surface area contributed by atoms with Gasteiger partial charge in [0.05, 0.1) is 34.7 Å². The predicted molar refractivity (Wildman–Crippen MR) is 114 cm³/mol. The van der Waals surface area contributed by atoms with E-state index >= 15 is 0 Å². The van der Waals surface area contributed by atoms with Crippen LogP contribution in [-0.2, 0) is 6.42 Å². The van der Waals surface area contributed by atoms with E-state index in [1.807, 2.05) is 61.0 Å². The minimum absolute atomic E-state index is 0.166. The normalized spacial score (nSPS) is 15.1. The van der Waals surface area contributed by atoms with Crippen LogP contribution >= 0.6 is 0 Å². The summed E-state index contributed by atoms with van der Waals surface area (Å²) in [4.78, 5) is 26.1. The Labute approximate surface area is 174 Å². The summed E-state index contributed by atoms with van der Waals surface area (Å²) in [7, 11) is 0. The zero-order valence-electron chi connectivity index (χ0n) is 16.9. The Hall–Kier alpha value is -3.67. The van der Waals surface area contributed by atoms with Crippen LogP contribution in [-0.4, -0.2) is 30.5 Å². The third kappa shape index (κ3) is 3.10. The van der Waals surface area contributed by atoms with Crippen LogP contribution in [0.1, 0.15) is 36.3 Å². The highest BCUT2D eigenvalue weighted by Gasteiger charge is 2.35. The van der Waals surface area contributed by atoms with Gasteiger partial charge in [0.2, 0.25) is 0 Å². The van der Waals surface area contributed by atoms with E-state index in [0.29, 0.717) is 0 Å². The molecule has 4 aromatic rings. The lowest BCUT2D eigenvalue weighted by Crippen LogP contribution is -2.31. The number of hydrogen-bond acceptors (Lipinski definition) is 5. The standard InChI is InChI=1S/C24H21N5O/c1-24(2)10-9-19-18(23(24)30)7-8-20(27-19)22-13-21(16-5-3-11-25-14-16)28-29(22)17-6-4-12-26-15-17/h3-8,11-15H,9-10H2,1-2H3. The molecule has 0 aromatic carbocycles. The Morgan fingerprint density at radius 2 is 1.77 bits per heavy atom. The number of ketones is 1. The predicted octanol–water partition coefficient (Wildman–Crippen LogP) is 4.55. The van der Waals surface area contributed by atoms with E-state index < -0.39 is 0 Å². The molecule has 0 bridgehead atoms. The molecule has 30 heavy (non-hydrogen) atoms. The van der Waals surface area contributed by atoms with Gasteiger partial charge in [-0.25, -0.2) is 4.68 Å². The molecule has 0 saturated carbocycles. The van der Waals surface area contributed by atoms with Crippen LogP contribution in [0.2, 0.25) is 0 Å². The fourth-order valence-electron chi connectivity index (χ4n) is 3.85. The van der Waals surface area contributed by atoms with Crippen molar-refractivity contribution in [2.24, 2.45) is 5.41 Å². The summed E-state index contributed by atoms with van der Waals surface area (Å²) in [6.07, 6.45) is 8.64. The summed E-state index contributed by atoms with van der Waals surface area (Å²) in [6.45, 7) is 4.01. The third-order valence-corrected chi connectivity index (χ3v) is 5.64. The molecular weight excluding hydrogens is 374 g/mol. The summed E-state index contributed by atoms with van der Waals surface area (Å²) in [6, 6.07) is 13.5. The highest BCUT2D eigenvalue weighted by molar-refractivity contribution is 6.02. The molecule has 0 saturated heterocycles. The summed E-state index contributed by atoms with van der Waals surface area (Å²) in [5.74, 6) is 0.166. The number of carbonyl (C=O) groups is 1. The average molecular weight is 395 g/mol. The first-order valence-corrected chi connectivity index (χ1v) is 9.99. The van der Waals surface area contributed by atoms with Crippen molar-refractivity contribution in [1.82, 2.24) is 24.7 Å². The largest absolute Gasteiger partial charge is 0.294 e. The molecule has 0 unspecified atom stereocenters. The van der Waals surface area contributed by atoms with Crippen molar-refractivity contribution in [3.63, 3.8) is 0 Å². The number of rotatable bonds is 3. The summed E-state index contributed by atoms with van der Waals surface area (Å²) < 4.78 is 1.85. The van der Waals surface area contributed by atoms with Crippen LogP contribution < -0.4 is 0 Å². The first kappa shape index (κ1) is 18.4. The number of hydrogen-bond donors (Lipinski definition) is 0. The molecule has 1 aliphatic rings. The molecule has 0 radical (unpaired) electrons. The van der Waals surface area contributed by atoms with E-state index in [4.69, 9.17) is 10.1 Å². The lowest BCUT2D eigenvalue weighted by atomic mass is 9.75. The Kier molecular flexibility index (Phi) is 4.28. The molecule has 0 spiro atoms. The highest BCUT2D eigenvalue weighted by atomic mass is 16.1. The topological polar surface area (TPSA) is 73.6 Å². The van der Waals surface area contributed by atoms with Crippen LogP contribution in [0, 0.1) is 5.41 Å². The molecule has 0 fully saturated rings. The van der Waals surface area contributed by atoms with E-state index in [9.17, 15) is 4.79 Å². The quantitative estimate of drug-likeness (QED) is 0.509. The van der Waals surface area contributed by atoms with Crippen LogP contribution in [0.25, 0.3) is 28.3 Å². The van der Waals surface area contributed by atoms with Crippen LogP contribution in [0.15, 0.2) is 67.3 Å². The molecule has 5 rings (SSSR count). The van der Waals surface area contributed by atoms with E-state index in [1.54, 1.807) is 24.8 Å².